The molecular formula is C29H35FN4O. The van der Waals surface area contributed by atoms with E-state index in [-0.39, 0.29) is 11.2 Å². The first kappa shape index (κ1) is 24.9. The van der Waals surface area contributed by atoms with Crippen molar-refractivity contribution in [3.63, 3.8) is 0 Å². The normalized spacial score (nSPS) is 11.9. The Kier molecular flexibility index (Phi) is 7.22. The van der Waals surface area contributed by atoms with Gasteiger partial charge in [0.2, 0.25) is 0 Å². The van der Waals surface area contributed by atoms with E-state index in [1.165, 1.54) is 23.3 Å². The zero-order valence-electron chi connectivity index (χ0n) is 21.6. The van der Waals surface area contributed by atoms with Crippen molar-refractivity contribution >= 4 is 10.9 Å². The highest BCUT2D eigenvalue weighted by Gasteiger charge is 2.20. The first-order chi connectivity index (χ1) is 16.7. The number of nitrogens with one attached hydrogen (secondary N) is 1. The van der Waals surface area contributed by atoms with Gasteiger partial charge in [0.05, 0.1) is 17.8 Å². The average Bonchev–Trinajstić information content (AvgIpc) is 3.05. The molecule has 5 nitrogen and oxygen atoms in total. The van der Waals surface area contributed by atoms with E-state index in [9.17, 15) is 4.39 Å². The highest BCUT2D eigenvalue weighted by atomic mass is 19.1. The van der Waals surface area contributed by atoms with Gasteiger partial charge in [0.15, 0.2) is 0 Å². The minimum absolute atomic E-state index is 0.142. The van der Waals surface area contributed by atoms with Gasteiger partial charge >= 0.3 is 0 Å². The van der Waals surface area contributed by atoms with Gasteiger partial charge in [0, 0.05) is 48.9 Å². The molecule has 2 aromatic carbocycles. The van der Waals surface area contributed by atoms with Gasteiger partial charge in [-0.15, -0.1) is 0 Å². The summed E-state index contributed by atoms with van der Waals surface area (Å²) in [5.41, 5.74) is 7.56. The highest BCUT2D eigenvalue weighted by molar-refractivity contribution is 5.88. The molecule has 0 fully saturated rings. The van der Waals surface area contributed by atoms with Gasteiger partial charge in [-0.1, -0.05) is 26.8 Å². The maximum atomic E-state index is 14.2. The van der Waals surface area contributed by atoms with Crippen molar-refractivity contribution < 1.29 is 9.13 Å². The fraction of sp³-hybridized carbons (Fsp3) is 0.379. The number of aromatic nitrogens is 3. The Labute approximate surface area is 207 Å². The first-order valence-electron chi connectivity index (χ1n) is 12.1. The van der Waals surface area contributed by atoms with Crippen LogP contribution in [0.3, 0.4) is 0 Å². The van der Waals surface area contributed by atoms with Crippen LogP contribution < -0.4 is 10.1 Å². The summed E-state index contributed by atoms with van der Waals surface area (Å²) in [6.45, 7) is 9.94. The zero-order chi connectivity index (χ0) is 25.2. The molecule has 0 saturated heterocycles. The van der Waals surface area contributed by atoms with Crippen LogP contribution in [-0.4, -0.2) is 28.4 Å². The van der Waals surface area contributed by atoms with E-state index in [4.69, 9.17) is 9.84 Å². The van der Waals surface area contributed by atoms with Crippen molar-refractivity contribution in [2.75, 3.05) is 13.7 Å². The first-order valence-corrected chi connectivity index (χ1v) is 12.1. The summed E-state index contributed by atoms with van der Waals surface area (Å²) in [4.78, 5) is 4.50. The number of aryl methyl sites for hydroxylation is 1. The molecule has 0 aliphatic carbocycles. The summed E-state index contributed by atoms with van der Waals surface area (Å²) < 4.78 is 22.4. The minimum Gasteiger partial charge on any atom is -0.492 e. The molecule has 0 atom stereocenters. The fourth-order valence-corrected chi connectivity index (χ4v) is 4.52. The van der Waals surface area contributed by atoms with Gasteiger partial charge in [-0.25, -0.2) is 4.39 Å². The van der Waals surface area contributed by atoms with Crippen molar-refractivity contribution in [3.8, 4) is 16.9 Å². The van der Waals surface area contributed by atoms with Crippen LogP contribution >= 0.6 is 0 Å². The van der Waals surface area contributed by atoms with Gasteiger partial charge in [0.25, 0.3) is 0 Å². The summed E-state index contributed by atoms with van der Waals surface area (Å²) in [5, 5.41) is 9.03. The van der Waals surface area contributed by atoms with Crippen LogP contribution in [0, 0.1) is 18.2 Å². The second kappa shape index (κ2) is 10.2. The SMILES string of the molecule is CNCc1ccnc2ccc(-c3ccc(F)cc3OCCc3c(CC(C)(C)C)nn(C)c3C)cc12. The van der Waals surface area contributed by atoms with Crippen LogP contribution in [0.15, 0.2) is 48.7 Å². The van der Waals surface area contributed by atoms with Crippen molar-refractivity contribution in [2.24, 2.45) is 12.5 Å². The Morgan fingerprint density at radius 3 is 2.63 bits per heavy atom. The third-order valence-corrected chi connectivity index (χ3v) is 6.30. The Bertz CT molecular complexity index is 1340. The van der Waals surface area contributed by atoms with Crippen LogP contribution in [-0.2, 0) is 26.4 Å². The Balaban J connectivity index is 1.61. The second-order valence-electron chi connectivity index (χ2n) is 10.3. The number of hydrogen-bond donors (Lipinski definition) is 1. The van der Waals surface area contributed by atoms with E-state index in [0.717, 1.165) is 52.8 Å². The van der Waals surface area contributed by atoms with Gasteiger partial charge in [-0.2, -0.15) is 5.10 Å². The van der Waals surface area contributed by atoms with Gasteiger partial charge in [-0.05, 0) is 72.8 Å². The predicted octanol–water partition coefficient (Wildman–Crippen LogP) is 6.01. The molecule has 0 spiro atoms. The molecule has 0 bridgehead atoms. The number of rotatable bonds is 8. The Morgan fingerprint density at radius 1 is 1.09 bits per heavy atom. The van der Waals surface area contributed by atoms with Gasteiger partial charge < -0.3 is 10.1 Å². The van der Waals surface area contributed by atoms with Gasteiger partial charge in [-0.3, -0.25) is 9.67 Å². The van der Waals surface area contributed by atoms with Crippen molar-refractivity contribution in [2.45, 2.75) is 47.1 Å². The molecule has 184 valence electrons. The molecule has 0 radical (unpaired) electrons. The number of fused-ring (bicyclic) bond motifs is 1. The standard InChI is InChI=1S/C29H35FN4O/c1-19-23(27(33-34(19)6)17-29(2,3)4)12-14-35-28-16-22(30)8-9-24(28)20-7-10-26-25(15-20)21(18-31-5)11-13-32-26/h7-11,13,15-16,31H,12,14,17-18H2,1-6H3. The molecule has 4 aromatic rings. The molecule has 0 aliphatic rings. The third-order valence-electron chi connectivity index (χ3n) is 6.30. The summed E-state index contributed by atoms with van der Waals surface area (Å²) in [7, 11) is 3.91. The summed E-state index contributed by atoms with van der Waals surface area (Å²) >= 11 is 0. The summed E-state index contributed by atoms with van der Waals surface area (Å²) in [6, 6.07) is 12.9. The van der Waals surface area contributed by atoms with Crippen LogP contribution in [0.4, 0.5) is 4.39 Å². The lowest BCUT2D eigenvalue weighted by molar-refractivity contribution is 0.320. The lowest BCUT2D eigenvalue weighted by atomic mass is 9.88. The van der Waals surface area contributed by atoms with Crippen LogP contribution in [0.5, 0.6) is 5.75 Å². The molecule has 0 amide bonds. The smallest absolute Gasteiger partial charge is 0.130 e. The minimum atomic E-state index is -0.312. The summed E-state index contributed by atoms with van der Waals surface area (Å²) in [6.07, 6.45) is 3.44. The van der Waals surface area contributed by atoms with Gasteiger partial charge in [0.1, 0.15) is 11.6 Å². The fourth-order valence-electron chi connectivity index (χ4n) is 4.52. The maximum absolute atomic E-state index is 14.2. The number of hydrogen-bond acceptors (Lipinski definition) is 4. The number of halogens is 1. The Hall–Kier alpha value is -3.25. The van der Waals surface area contributed by atoms with E-state index in [0.29, 0.717) is 12.4 Å². The maximum Gasteiger partial charge on any atom is 0.130 e. The van der Waals surface area contributed by atoms with Crippen LogP contribution in [0.2, 0.25) is 0 Å². The number of benzene rings is 2. The lowest BCUT2D eigenvalue weighted by Gasteiger charge is -2.18. The number of pyridine rings is 1. The predicted molar refractivity (Wildman–Crippen MR) is 140 cm³/mol. The summed E-state index contributed by atoms with van der Waals surface area (Å²) in [5.74, 6) is 0.232. The van der Waals surface area contributed by atoms with Crippen LogP contribution in [0.25, 0.3) is 22.0 Å². The molecule has 2 heterocycles. The highest BCUT2D eigenvalue weighted by Crippen LogP contribution is 2.34. The molecule has 1 N–H and O–H groups in total. The number of nitrogens with zero attached hydrogens (tertiary/aromatic N) is 3. The van der Waals surface area contributed by atoms with E-state index in [2.05, 4.69) is 44.1 Å². The van der Waals surface area contributed by atoms with E-state index in [1.54, 1.807) is 6.07 Å². The number of ether oxygens (including phenoxy) is 1. The molecule has 2 aromatic heterocycles. The molecule has 0 aliphatic heterocycles. The monoisotopic (exact) mass is 474 g/mol. The van der Waals surface area contributed by atoms with Crippen molar-refractivity contribution in [3.05, 3.63) is 77.0 Å². The molecular weight excluding hydrogens is 439 g/mol. The van der Waals surface area contributed by atoms with Crippen molar-refractivity contribution in [1.29, 1.82) is 0 Å². The average molecular weight is 475 g/mol. The topological polar surface area (TPSA) is 52.0 Å². The molecule has 35 heavy (non-hydrogen) atoms. The Morgan fingerprint density at radius 2 is 1.89 bits per heavy atom. The lowest BCUT2D eigenvalue weighted by Crippen LogP contribution is -2.12. The quantitative estimate of drug-likeness (QED) is 0.340. The zero-order valence-corrected chi connectivity index (χ0v) is 21.6. The molecule has 6 heteroatoms. The molecule has 0 saturated carbocycles. The largest absolute Gasteiger partial charge is 0.492 e. The van der Waals surface area contributed by atoms with E-state index >= 15 is 0 Å². The van der Waals surface area contributed by atoms with E-state index < -0.39 is 0 Å². The molecule has 0 unspecified atom stereocenters. The van der Waals surface area contributed by atoms with Crippen molar-refractivity contribution in [1.82, 2.24) is 20.1 Å². The molecule has 4 rings (SSSR count). The van der Waals surface area contributed by atoms with E-state index in [1.807, 2.05) is 43.2 Å². The third kappa shape index (κ3) is 5.70. The van der Waals surface area contributed by atoms with Crippen LogP contribution in [0.1, 0.15) is 43.3 Å². The second-order valence-corrected chi connectivity index (χ2v) is 10.3.